The van der Waals surface area contributed by atoms with Crippen LogP contribution in [-0.4, -0.2) is 37.2 Å². The Hall–Kier alpha value is -1.04. The minimum Gasteiger partial charge on any atom is -0.374 e. The predicted molar refractivity (Wildman–Crippen MR) is 69.8 cm³/mol. The van der Waals surface area contributed by atoms with Crippen LogP contribution in [0.2, 0.25) is 0 Å². The Morgan fingerprint density at radius 3 is 3.00 bits per heavy atom. The van der Waals surface area contributed by atoms with E-state index in [2.05, 4.69) is 11.8 Å². The third-order valence-electron chi connectivity index (χ3n) is 3.44. The predicted octanol–water partition coefficient (Wildman–Crippen LogP) is 2.08. The van der Waals surface area contributed by atoms with Crippen LogP contribution >= 0.6 is 0 Å². The van der Waals surface area contributed by atoms with E-state index in [1.54, 1.807) is 0 Å². The first-order valence-corrected chi connectivity index (χ1v) is 6.66. The average Bonchev–Trinajstić information content (AvgIpc) is 2.41. The molecule has 2 atom stereocenters. The largest absolute Gasteiger partial charge is 0.374 e. The SMILES string of the molecule is CCCN1CCOC(C(N)c2cc(F)ccc2F)C1. The summed E-state index contributed by atoms with van der Waals surface area (Å²) >= 11 is 0. The Morgan fingerprint density at radius 1 is 1.47 bits per heavy atom. The van der Waals surface area contributed by atoms with Crippen molar-refractivity contribution in [2.75, 3.05) is 26.2 Å². The van der Waals surface area contributed by atoms with Gasteiger partial charge >= 0.3 is 0 Å². The first kappa shape index (κ1) is 14.4. The Kier molecular flexibility index (Phi) is 4.85. The lowest BCUT2D eigenvalue weighted by molar-refractivity contribution is -0.0412. The van der Waals surface area contributed by atoms with Gasteiger partial charge in [0, 0.05) is 18.7 Å². The van der Waals surface area contributed by atoms with Gasteiger partial charge in [0.15, 0.2) is 0 Å². The lowest BCUT2D eigenvalue weighted by Crippen LogP contribution is -2.47. The van der Waals surface area contributed by atoms with E-state index in [4.69, 9.17) is 10.5 Å². The monoisotopic (exact) mass is 270 g/mol. The molecule has 3 nitrogen and oxygen atoms in total. The molecule has 0 amide bonds. The summed E-state index contributed by atoms with van der Waals surface area (Å²) in [5.74, 6) is -0.960. The fraction of sp³-hybridized carbons (Fsp3) is 0.571. The Labute approximate surface area is 112 Å². The van der Waals surface area contributed by atoms with Crippen molar-refractivity contribution in [3.05, 3.63) is 35.4 Å². The fourth-order valence-electron chi connectivity index (χ4n) is 2.44. The van der Waals surface area contributed by atoms with Crippen molar-refractivity contribution in [3.8, 4) is 0 Å². The summed E-state index contributed by atoms with van der Waals surface area (Å²) in [7, 11) is 0. The molecule has 1 aromatic rings. The molecule has 0 spiro atoms. The van der Waals surface area contributed by atoms with Gasteiger partial charge in [0.1, 0.15) is 11.6 Å². The number of nitrogens with zero attached hydrogens (tertiary/aromatic N) is 1. The van der Waals surface area contributed by atoms with E-state index >= 15 is 0 Å². The lowest BCUT2D eigenvalue weighted by atomic mass is 10.00. The summed E-state index contributed by atoms with van der Waals surface area (Å²) in [5, 5.41) is 0. The van der Waals surface area contributed by atoms with E-state index < -0.39 is 17.7 Å². The van der Waals surface area contributed by atoms with Gasteiger partial charge in [-0.2, -0.15) is 0 Å². The molecule has 1 saturated heterocycles. The van der Waals surface area contributed by atoms with Gasteiger partial charge in [-0.1, -0.05) is 6.92 Å². The molecule has 1 aromatic carbocycles. The van der Waals surface area contributed by atoms with Crippen molar-refractivity contribution in [1.29, 1.82) is 0 Å². The summed E-state index contributed by atoms with van der Waals surface area (Å²) < 4.78 is 32.5. The van der Waals surface area contributed by atoms with Gasteiger partial charge in [-0.15, -0.1) is 0 Å². The summed E-state index contributed by atoms with van der Waals surface area (Å²) in [6.45, 7) is 5.18. The van der Waals surface area contributed by atoms with E-state index in [9.17, 15) is 8.78 Å². The molecule has 106 valence electrons. The second kappa shape index (κ2) is 6.41. The van der Waals surface area contributed by atoms with Gasteiger partial charge in [0.05, 0.1) is 18.8 Å². The average molecular weight is 270 g/mol. The zero-order valence-corrected chi connectivity index (χ0v) is 11.1. The highest BCUT2D eigenvalue weighted by molar-refractivity contribution is 5.23. The number of benzene rings is 1. The molecule has 2 N–H and O–H groups in total. The molecule has 0 radical (unpaired) electrons. The molecular formula is C14H20F2N2O. The maximum absolute atomic E-state index is 13.7. The molecule has 5 heteroatoms. The standard InChI is InChI=1S/C14H20F2N2O/c1-2-5-18-6-7-19-13(9-18)14(17)11-8-10(15)3-4-12(11)16/h3-4,8,13-14H,2,5-7,9,17H2,1H3. The van der Waals surface area contributed by atoms with Crippen LogP contribution in [-0.2, 0) is 4.74 Å². The van der Waals surface area contributed by atoms with Crippen LogP contribution < -0.4 is 5.73 Å². The normalized spacial score (nSPS) is 22.4. The van der Waals surface area contributed by atoms with E-state index in [1.807, 2.05) is 0 Å². The molecule has 0 aromatic heterocycles. The van der Waals surface area contributed by atoms with Gasteiger partial charge < -0.3 is 10.5 Å². The Morgan fingerprint density at radius 2 is 2.26 bits per heavy atom. The Bertz CT molecular complexity index is 426. The van der Waals surface area contributed by atoms with Gasteiger partial charge in [0.25, 0.3) is 0 Å². The maximum atomic E-state index is 13.7. The second-order valence-corrected chi connectivity index (χ2v) is 4.90. The molecule has 0 saturated carbocycles. The minimum absolute atomic E-state index is 0.184. The highest BCUT2D eigenvalue weighted by Crippen LogP contribution is 2.23. The van der Waals surface area contributed by atoms with Crippen molar-refractivity contribution in [3.63, 3.8) is 0 Å². The first-order valence-electron chi connectivity index (χ1n) is 6.66. The van der Waals surface area contributed by atoms with Gasteiger partial charge in [-0.05, 0) is 31.2 Å². The van der Waals surface area contributed by atoms with Crippen LogP contribution in [0.1, 0.15) is 24.9 Å². The highest BCUT2D eigenvalue weighted by Gasteiger charge is 2.28. The summed E-state index contributed by atoms with van der Waals surface area (Å²) in [6.07, 6.45) is 0.757. The molecule has 0 aliphatic carbocycles. The van der Waals surface area contributed by atoms with Crippen LogP contribution in [0.3, 0.4) is 0 Å². The smallest absolute Gasteiger partial charge is 0.128 e. The maximum Gasteiger partial charge on any atom is 0.128 e. The van der Waals surface area contributed by atoms with Gasteiger partial charge in [-0.3, -0.25) is 4.90 Å². The third-order valence-corrected chi connectivity index (χ3v) is 3.44. The van der Waals surface area contributed by atoms with Crippen LogP contribution in [0.15, 0.2) is 18.2 Å². The molecule has 1 aliphatic rings. The molecule has 19 heavy (non-hydrogen) atoms. The second-order valence-electron chi connectivity index (χ2n) is 4.90. The molecule has 1 heterocycles. The zero-order chi connectivity index (χ0) is 13.8. The number of hydrogen-bond donors (Lipinski definition) is 1. The van der Waals surface area contributed by atoms with Crippen molar-refractivity contribution in [2.24, 2.45) is 5.73 Å². The zero-order valence-electron chi connectivity index (χ0n) is 11.1. The van der Waals surface area contributed by atoms with Crippen LogP contribution in [0.25, 0.3) is 0 Å². The minimum atomic E-state index is -0.643. The van der Waals surface area contributed by atoms with Crippen LogP contribution in [0.4, 0.5) is 8.78 Å². The van der Waals surface area contributed by atoms with E-state index in [0.29, 0.717) is 13.2 Å². The fourth-order valence-corrected chi connectivity index (χ4v) is 2.44. The molecule has 1 aliphatic heterocycles. The molecule has 1 fully saturated rings. The van der Waals surface area contributed by atoms with E-state index in [-0.39, 0.29) is 11.7 Å². The van der Waals surface area contributed by atoms with Gasteiger partial charge in [-0.25, -0.2) is 8.78 Å². The topological polar surface area (TPSA) is 38.5 Å². The van der Waals surface area contributed by atoms with Crippen molar-refractivity contribution in [2.45, 2.75) is 25.5 Å². The molecule has 2 rings (SSSR count). The Balaban J connectivity index is 2.10. The van der Waals surface area contributed by atoms with Crippen molar-refractivity contribution in [1.82, 2.24) is 4.90 Å². The van der Waals surface area contributed by atoms with Crippen LogP contribution in [0, 0.1) is 11.6 Å². The highest BCUT2D eigenvalue weighted by atomic mass is 19.1. The number of morpholine rings is 1. The van der Waals surface area contributed by atoms with Crippen molar-refractivity contribution >= 4 is 0 Å². The molecular weight excluding hydrogens is 250 g/mol. The first-order chi connectivity index (χ1) is 9.11. The number of rotatable bonds is 4. The van der Waals surface area contributed by atoms with E-state index in [1.165, 1.54) is 0 Å². The van der Waals surface area contributed by atoms with Crippen molar-refractivity contribution < 1.29 is 13.5 Å². The van der Waals surface area contributed by atoms with Gasteiger partial charge in [0.2, 0.25) is 0 Å². The summed E-state index contributed by atoms with van der Waals surface area (Å²) in [4.78, 5) is 2.24. The summed E-state index contributed by atoms with van der Waals surface area (Å²) in [5.41, 5.74) is 6.22. The third kappa shape index (κ3) is 3.49. The molecule has 2 unspecified atom stereocenters. The number of ether oxygens (including phenoxy) is 1. The number of halogens is 2. The summed E-state index contributed by atoms with van der Waals surface area (Å²) in [6, 6.07) is 2.71. The quantitative estimate of drug-likeness (QED) is 0.910. The number of nitrogens with two attached hydrogens (primary N) is 1. The molecule has 0 bridgehead atoms. The number of hydrogen-bond acceptors (Lipinski definition) is 3. The van der Waals surface area contributed by atoms with E-state index in [0.717, 1.165) is 37.7 Å². The van der Waals surface area contributed by atoms with Crippen LogP contribution in [0.5, 0.6) is 0 Å². The lowest BCUT2D eigenvalue weighted by Gasteiger charge is -2.35.